The molecule has 0 saturated heterocycles. The van der Waals surface area contributed by atoms with E-state index >= 15 is 0 Å². The average Bonchev–Trinajstić information content (AvgIpc) is 2.47. The molecule has 3 rings (SSSR count). The van der Waals surface area contributed by atoms with Crippen molar-refractivity contribution in [3.63, 3.8) is 0 Å². The largest absolute Gasteiger partial charge is 0.868 e. The van der Waals surface area contributed by atoms with Crippen LogP contribution in [0.25, 0.3) is 16.5 Å². The van der Waals surface area contributed by atoms with Crippen LogP contribution in [0, 0.1) is 0 Å². The molecule has 3 nitrogen and oxygen atoms in total. The minimum Gasteiger partial charge on any atom is -0.868 e. The summed E-state index contributed by atoms with van der Waals surface area (Å²) >= 11 is 0. The van der Waals surface area contributed by atoms with Gasteiger partial charge < -0.3 is 9.84 Å². The standard InChI is InChI=1S/C16H13NO2/c1-19-16-9-5-4-8-14(16)17-10-12-6-2-3-7-13(12)15(18)11-17/h2-11H,1H3. The summed E-state index contributed by atoms with van der Waals surface area (Å²) in [6.07, 6.45) is 3.52. The fourth-order valence-electron chi connectivity index (χ4n) is 2.20. The topological polar surface area (TPSA) is 36.2 Å². The highest BCUT2D eigenvalue weighted by Gasteiger charge is 2.13. The Kier molecular flexibility index (Phi) is 2.80. The number of pyridine rings is 1. The molecule has 0 saturated carbocycles. The zero-order chi connectivity index (χ0) is 13.2. The summed E-state index contributed by atoms with van der Waals surface area (Å²) in [5, 5.41) is 13.8. The third-order valence-electron chi connectivity index (χ3n) is 3.12. The van der Waals surface area contributed by atoms with Crippen LogP contribution in [0.2, 0.25) is 0 Å². The van der Waals surface area contributed by atoms with Crippen LogP contribution < -0.4 is 14.4 Å². The van der Waals surface area contributed by atoms with E-state index in [9.17, 15) is 5.11 Å². The molecule has 0 bridgehead atoms. The number of hydrogen-bond acceptors (Lipinski definition) is 2. The Morgan fingerprint density at radius 1 is 0.947 bits per heavy atom. The van der Waals surface area contributed by atoms with E-state index in [1.807, 2.05) is 59.3 Å². The summed E-state index contributed by atoms with van der Waals surface area (Å²) in [6, 6.07) is 15.2. The van der Waals surface area contributed by atoms with Crippen molar-refractivity contribution in [1.29, 1.82) is 0 Å². The van der Waals surface area contributed by atoms with Gasteiger partial charge >= 0.3 is 0 Å². The van der Waals surface area contributed by atoms with Crippen molar-refractivity contribution in [2.75, 3.05) is 7.11 Å². The lowest BCUT2D eigenvalue weighted by Gasteiger charge is -2.09. The Bertz CT molecular complexity index is 738. The number of benzene rings is 2. The fourth-order valence-corrected chi connectivity index (χ4v) is 2.20. The lowest BCUT2D eigenvalue weighted by molar-refractivity contribution is -0.598. The predicted octanol–water partition coefficient (Wildman–Crippen LogP) is 2.20. The van der Waals surface area contributed by atoms with Crippen molar-refractivity contribution < 1.29 is 14.4 Å². The molecule has 0 fully saturated rings. The normalized spacial score (nSPS) is 10.6. The van der Waals surface area contributed by atoms with Gasteiger partial charge in [0.15, 0.2) is 18.1 Å². The number of methoxy groups -OCH3 is 1. The van der Waals surface area contributed by atoms with Gasteiger partial charge in [0.05, 0.1) is 7.11 Å². The number of rotatable bonds is 2. The van der Waals surface area contributed by atoms with Gasteiger partial charge in [-0.15, -0.1) is 0 Å². The Morgan fingerprint density at radius 3 is 2.53 bits per heavy atom. The minimum atomic E-state index is 0.00371. The van der Waals surface area contributed by atoms with Crippen molar-refractivity contribution in [2.45, 2.75) is 0 Å². The van der Waals surface area contributed by atoms with Crippen LogP contribution in [-0.4, -0.2) is 7.11 Å². The average molecular weight is 251 g/mol. The summed E-state index contributed by atoms with van der Waals surface area (Å²) in [6.45, 7) is 0. The van der Waals surface area contributed by atoms with E-state index in [-0.39, 0.29) is 5.75 Å². The van der Waals surface area contributed by atoms with Gasteiger partial charge in [-0.3, -0.25) is 0 Å². The first-order valence-corrected chi connectivity index (χ1v) is 6.04. The van der Waals surface area contributed by atoms with E-state index in [0.717, 1.165) is 22.2 Å². The molecule has 0 spiro atoms. The van der Waals surface area contributed by atoms with Gasteiger partial charge in [0.1, 0.15) is 0 Å². The second-order valence-electron chi connectivity index (χ2n) is 4.29. The second kappa shape index (κ2) is 4.61. The first-order valence-electron chi connectivity index (χ1n) is 6.04. The predicted molar refractivity (Wildman–Crippen MR) is 71.5 cm³/mol. The van der Waals surface area contributed by atoms with Crippen LogP contribution >= 0.6 is 0 Å². The number of para-hydroxylation sites is 2. The number of aromatic nitrogens is 1. The number of nitrogens with zero attached hydrogens (tertiary/aromatic N) is 1. The van der Waals surface area contributed by atoms with E-state index in [0.29, 0.717) is 0 Å². The molecule has 1 heterocycles. The van der Waals surface area contributed by atoms with Gasteiger partial charge in [-0.25, -0.2) is 0 Å². The maximum atomic E-state index is 12.1. The highest BCUT2D eigenvalue weighted by molar-refractivity contribution is 5.85. The molecular formula is C16H13NO2. The van der Waals surface area contributed by atoms with Gasteiger partial charge in [0.2, 0.25) is 0 Å². The first kappa shape index (κ1) is 11.5. The molecule has 1 aromatic heterocycles. The van der Waals surface area contributed by atoms with E-state index in [2.05, 4.69) is 0 Å². The molecule has 3 heteroatoms. The number of fused-ring (bicyclic) bond motifs is 1. The summed E-state index contributed by atoms with van der Waals surface area (Å²) in [7, 11) is 1.62. The Morgan fingerprint density at radius 2 is 1.68 bits per heavy atom. The highest BCUT2D eigenvalue weighted by atomic mass is 16.5. The molecule has 0 aliphatic heterocycles. The van der Waals surface area contributed by atoms with Crippen LogP contribution in [0.15, 0.2) is 60.9 Å². The summed E-state index contributed by atoms with van der Waals surface area (Å²) in [5.41, 5.74) is 0.854. The maximum absolute atomic E-state index is 12.1. The van der Waals surface area contributed by atoms with Crippen LogP contribution in [0.4, 0.5) is 0 Å². The third kappa shape index (κ3) is 1.99. The Hall–Kier alpha value is -2.55. The van der Waals surface area contributed by atoms with Gasteiger partial charge in [0, 0.05) is 11.5 Å². The third-order valence-corrected chi connectivity index (χ3v) is 3.12. The summed E-state index contributed by atoms with van der Waals surface area (Å²) in [5.74, 6) is 0.742. The van der Waals surface area contributed by atoms with E-state index in [1.165, 1.54) is 0 Å². The monoisotopic (exact) mass is 251 g/mol. The lowest BCUT2D eigenvalue weighted by Crippen LogP contribution is -2.31. The maximum Gasteiger partial charge on any atom is 0.252 e. The zero-order valence-electron chi connectivity index (χ0n) is 10.5. The van der Waals surface area contributed by atoms with Crippen LogP contribution in [0.3, 0.4) is 0 Å². The van der Waals surface area contributed by atoms with Crippen LogP contribution in [-0.2, 0) is 0 Å². The molecule has 0 amide bonds. The van der Waals surface area contributed by atoms with Crippen LogP contribution in [0.1, 0.15) is 0 Å². The van der Waals surface area contributed by atoms with Gasteiger partial charge in [-0.1, -0.05) is 30.3 Å². The summed E-state index contributed by atoms with van der Waals surface area (Å²) in [4.78, 5) is 0. The van der Waals surface area contributed by atoms with Gasteiger partial charge in [0.25, 0.3) is 5.69 Å². The molecule has 0 atom stereocenters. The lowest BCUT2D eigenvalue weighted by atomic mass is 10.1. The molecule has 0 N–H and O–H groups in total. The van der Waals surface area contributed by atoms with Crippen molar-refractivity contribution in [1.82, 2.24) is 0 Å². The smallest absolute Gasteiger partial charge is 0.252 e. The fraction of sp³-hybridized carbons (Fsp3) is 0.0625. The molecule has 0 aliphatic carbocycles. The van der Waals surface area contributed by atoms with E-state index in [1.54, 1.807) is 13.3 Å². The van der Waals surface area contributed by atoms with E-state index < -0.39 is 0 Å². The molecule has 94 valence electrons. The molecule has 0 aliphatic rings. The van der Waals surface area contributed by atoms with Crippen molar-refractivity contribution >= 4 is 10.8 Å². The zero-order valence-corrected chi connectivity index (χ0v) is 10.5. The second-order valence-corrected chi connectivity index (χ2v) is 4.29. The van der Waals surface area contributed by atoms with Crippen LogP contribution in [0.5, 0.6) is 11.5 Å². The number of ether oxygens (including phenoxy) is 1. The molecule has 3 aromatic rings. The SMILES string of the molecule is COc1ccccc1-[n+]1cc([O-])c2ccccc2c1. The Labute approximate surface area is 111 Å². The molecule has 0 radical (unpaired) electrons. The highest BCUT2D eigenvalue weighted by Crippen LogP contribution is 2.22. The molecule has 19 heavy (non-hydrogen) atoms. The van der Waals surface area contributed by atoms with Crippen molar-refractivity contribution in [3.05, 3.63) is 60.9 Å². The van der Waals surface area contributed by atoms with Gasteiger partial charge in [-0.05, 0) is 23.3 Å². The van der Waals surface area contributed by atoms with E-state index in [4.69, 9.17) is 4.74 Å². The number of hydrogen-bond donors (Lipinski definition) is 0. The molecular weight excluding hydrogens is 238 g/mol. The first-order chi connectivity index (χ1) is 9.29. The van der Waals surface area contributed by atoms with Gasteiger partial charge in [-0.2, -0.15) is 4.57 Å². The molecule has 2 aromatic carbocycles. The summed E-state index contributed by atoms with van der Waals surface area (Å²) < 4.78 is 7.14. The van der Waals surface area contributed by atoms with Crippen molar-refractivity contribution in [2.24, 2.45) is 0 Å². The Balaban J connectivity index is 2.26. The van der Waals surface area contributed by atoms with Crippen molar-refractivity contribution in [3.8, 4) is 17.2 Å². The molecule has 0 unspecified atom stereocenters. The minimum absolute atomic E-state index is 0.00371. The quantitative estimate of drug-likeness (QED) is 0.655.